The lowest BCUT2D eigenvalue weighted by Gasteiger charge is -2.18. The molecule has 2 aromatic carbocycles. The fourth-order valence-electron chi connectivity index (χ4n) is 2.96. The fourth-order valence-corrected chi connectivity index (χ4v) is 2.96. The zero-order valence-corrected chi connectivity index (χ0v) is 15.5. The Morgan fingerprint density at radius 2 is 1.90 bits per heavy atom. The van der Waals surface area contributed by atoms with Gasteiger partial charge >= 0.3 is 0 Å². The molecule has 0 aliphatic carbocycles. The summed E-state index contributed by atoms with van der Waals surface area (Å²) in [5, 5.41) is 22.4. The molecule has 4 aromatic rings. The number of hydrogen-bond donors (Lipinski definition) is 1. The van der Waals surface area contributed by atoms with Crippen LogP contribution in [-0.4, -0.2) is 41.1 Å². The van der Waals surface area contributed by atoms with Crippen LogP contribution in [0.25, 0.3) is 5.69 Å². The first-order chi connectivity index (χ1) is 14.1. The standard InChI is InChI=1S/C19H17FN8O/c1-13-24-25-26-27(13)18(12-14-3-2-4-15(20)11-14)19(29)23-16-5-7-17(8-6-16)28-21-9-10-22-28/h2-11,18H,12H2,1H3,(H,23,29). The van der Waals surface area contributed by atoms with E-state index in [1.54, 1.807) is 55.7 Å². The largest absolute Gasteiger partial charge is 0.324 e. The van der Waals surface area contributed by atoms with Crippen LogP contribution < -0.4 is 5.32 Å². The Balaban J connectivity index is 1.55. The molecule has 0 saturated heterocycles. The predicted octanol–water partition coefficient (Wildman–Crippen LogP) is 2.12. The summed E-state index contributed by atoms with van der Waals surface area (Å²) in [4.78, 5) is 14.5. The van der Waals surface area contributed by atoms with E-state index in [4.69, 9.17) is 0 Å². The Morgan fingerprint density at radius 1 is 1.14 bits per heavy atom. The predicted molar refractivity (Wildman–Crippen MR) is 102 cm³/mol. The molecule has 2 aromatic heterocycles. The van der Waals surface area contributed by atoms with Gasteiger partial charge in [-0.15, -0.1) is 5.10 Å². The van der Waals surface area contributed by atoms with Crippen molar-refractivity contribution in [1.29, 1.82) is 0 Å². The highest BCUT2D eigenvalue weighted by Crippen LogP contribution is 2.19. The summed E-state index contributed by atoms with van der Waals surface area (Å²) >= 11 is 0. The first kappa shape index (κ1) is 18.4. The minimum atomic E-state index is -0.737. The average molecular weight is 392 g/mol. The summed E-state index contributed by atoms with van der Waals surface area (Å²) < 4.78 is 15.0. The van der Waals surface area contributed by atoms with E-state index in [1.807, 2.05) is 0 Å². The van der Waals surface area contributed by atoms with Crippen molar-refractivity contribution in [1.82, 2.24) is 35.2 Å². The van der Waals surface area contributed by atoms with E-state index in [0.717, 1.165) is 5.69 Å². The third-order valence-electron chi connectivity index (χ3n) is 4.36. The van der Waals surface area contributed by atoms with E-state index in [0.29, 0.717) is 17.1 Å². The minimum Gasteiger partial charge on any atom is -0.324 e. The third kappa shape index (κ3) is 4.15. The molecule has 1 N–H and O–H groups in total. The SMILES string of the molecule is Cc1nnnn1C(Cc1cccc(F)c1)C(=O)Nc1ccc(-n2nccn2)cc1. The highest BCUT2D eigenvalue weighted by molar-refractivity contribution is 5.94. The Labute approximate surface area is 165 Å². The van der Waals surface area contributed by atoms with E-state index in [1.165, 1.54) is 21.6 Å². The molecule has 0 fully saturated rings. The number of aryl methyl sites for hydroxylation is 1. The van der Waals surface area contributed by atoms with Gasteiger partial charge in [-0.25, -0.2) is 9.07 Å². The van der Waals surface area contributed by atoms with Gasteiger partial charge in [-0.3, -0.25) is 4.79 Å². The van der Waals surface area contributed by atoms with Gasteiger partial charge in [0.1, 0.15) is 17.7 Å². The van der Waals surface area contributed by atoms with Crippen LogP contribution in [0.1, 0.15) is 17.4 Å². The smallest absolute Gasteiger partial charge is 0.249 e. The molecule has 0 bridgehead atoms. The van der Waals surface area contributed by atoms with Gasteiger partial charge < -0.3 is 5.32 Å². The number of amides is 1. The van der Waals surface area contributed by atoms with Crippen LogP contribution in [-0.2, 0) is 11.2 Å². The maximum Gasteiger partial charge on any atom is 0.249 e. The number of aromatic nitrogens is 7. The first-order valence-corrected chi connectivity index (χ1v) is 8.87. The third-order valence-corrected chi connectivity index (χ3v) is 4.36. The van der Waals surface area contributed by atoms with Gasteiger partial charge in [-0.05, 0) is 59.3 Å². The number of nitrogens with one attached hydrogen (secondary N) is 1. The molecule has 10 heteroatoms. The molecule has 1 amide bonds. The number of carbonyl (C=O) groups excluding carboxylic acids is 1. The lowest BCUT2D eigenvalue weighted by atomic mass is 10.0. The summed E-state index contributed by atoms with van der Waals surface area (Å²) in [6.45, 7) is 1.71. The Morgan fingerprint density at radius 3 is 2.55 bits per heavy atom. The topological polar surface area (TPSA) is 103 Å². The number of halogens is 1. The van der Waals surface area contributed by atoms with Crippen LogP contribution in [0.2, 0.25) is 0 Å². The number of hydrogen-bond acceptors (Lipinski definition) is 6. The number of tetrazole rings is 1. The lowest BCUT2D eigenvalue weighted by Crippen LogP contribution is -2.29. The molecule has 1 atom stereocenters. The summed E-state index contributed by atoms with van der Waals surface area (Å²) in [6, 6.07) is 12.5. The summed E-state index contributed by atoms with van der Waals surface area (Å²) in [7, 11) is 0. The summed E-state index contributed by atoms with van der Waals surface area (Å²) in [5.41, 5.74) is 2.03. The van der Waals surface area contributed by atoms with E-state index >= 15 is 0 Å². The van der Waals surface area contributed by atoms with Crippen LogP contribution in [0.3, 0.4) is 0 Å². The van der Waals surface area contributed by atoms with E-state index in [2.05, 4.69) is 31.0 Å². The van der Waals surface area contributed by atoms with Crippen molar-refractivity contribution >= 4 is 11.6 Å². The van der Waals surface area contributed by atoms with Crippen molar-refractivity contribution < 1.29 is 9.18 Å². The number of carbonyl (C=O) groups is 1. The molecule has 0 aliphatic heterocycles. The maximum atomic E-state index is 13.6. The number of anilines is 1. The molecule has 0 spiro atoms. The first-order valence-electron chi connectivity index (χ1n) is 8.87. The molecule has 29 heavy (non-hydrogen) atoms. The molecule has 2 heterocycles. The normalized spacial score (nSPS) is 11.9. The Kier molecular flexibility index (Phi) is 5.06. The van der Waals surface area contributed by atoms with Crippen molar-refractivity contribution in [3.8, 4) is 5.69 Å². The summed E-state index contributed by atoms with van der Waals surface area (Å²) in [6.07, 6.45) is 3.41. The van der Waals surface area contributed by atoms with Crippen molar-refractivity contribution in [3.05, 3.63) is 78.1 Å². The highest BCUT2D eigenvalue weighted by Gasteiger charge is 2.24. The second kappa shape index (κ2) is 7.97. The van der Waals surface area contributed by atoms with Crippen LogP contribution in [0.15, 0.2) is 60.9 Å². The minimum absolute atomic E-state index is 0.241. The fraction of sp³-hybridized carbons (Fsp3) is 0.158. The molecule has 0 aliphatic rings. The van der Waals surface area contributed by atoms with Gasteiger partial charge in [-0.2, -0.15) is 15.0 Å². The lowest BCUT2D eigenvalue weighted by molar-refractivity contribution is -0.119. The molecule has 9 nitrogen and oxygen atoms in total. The van der Waals surface area contributed by atoms with Gasteiger partial charge in [0.25, 0.3) is 0 Å². The molecule has 0 saturated carbocycles. The van der Waals surface area contributed by atoms with Crippen molar-refractivity contribution in [2.45, 2.75) is 19.4 Å². The van der Waals surface area contributed by atoms with Crippen molar-refractivity contribution in [2.24, 2.45) is 0 Å². The van der Waals surface area contributed by atoms with Crippen molar-refractivity contribution in [3.63, 3.8) is 0 Å². The van der Waals surface area contributed by atoms with E-state index in [9.17, 15) is 9.18 Å². The highest BCUT2D eigenvalue weighted by atomic mass is 19.1. The van der Waals surface area contributed by atoms with Crippen LogP contribution in [0.4, 0.5) is 10.1 Å². The molecular formula is C19H17FN8O. The average Bonchev–Trinajstić information content (AvgIpc) is 3.39. The van der Waals surface area contributed by atoms with Gasteiger partial charge in [-0.1, -0.05) is 12.1 Å². The molecule has 1 unspecified atom stereocenters. The quantitative estimate of drug-likeness (QED) is 0.539. The molecule has 146 valence electrons. The van der Waals surface area contributed by atoms with E-state index < -0.39 is 6.04 Å². The van der Waals surface area contributed by atoms with Crippen LogP contribution in [0.5, 0.6) is 0 Å². The number of benzene rings is 2. The van der Waals surface area contributed by atoms with Crippen LogP contribution >= 0.6 is 0 Å². The van der Waals surface area contributed by atoms with Gasteiger partial charge in [0.15, 0.2) is 0 Å². The molecule has 4 rings (SSSR count). The number of rotatable bonds is 6. The zero-order valence-electron chi connectivity index (χ0n) is 15.5. The zero-order chi connectivity index (χ0) is 20.2. The monoisotopic (exact) mass is 392 g/mol. The van der Waals surface area contributed by atoms with E-state index in [-0.39, 0.29) is 18.1 Å². The second-order valence-corrected chi connectivity index (χ2v) is 6.38. The molecule has 0 radical (unpaired) electrons. The Bertz CT molecular complexity index is 1110. The number of nitrogens with zero attached hydrogens (tertiary/aromatic N) is 7. The van der Waals surface area contributed by atoms with Gasteiger partial charge in [0.05, 0.1) is 18.1 Å². The molecular weight excluding hydrogens is 375 g/mol. The second-order valence-electron chi connectivity index (χ2n) is 6.38. The van der Waals surface area contributed by atoms with Crippen LogP contribution in [0, 0.1) is 12.7 Å². The Hall–Kier alpha value is -3.95. The van der Waals surface area contributed by atoms with Crippen molar-refractivity contribution in [2.75, 3.05) is 5.32 Å². The van der Waals surface area contributed by atoms with Gasteiger partial charge in [0.2, 0.25) is 5.91 Å². The van der Waals surface area contributed by atoms with Gasteiger partial charge in [0, 0.05) is 12.1 Å². The maximum absolute atomic E-state index is 13.6. The summed E-state index contributed by atoms with van der Waals surface area (Å²) in [5.74, 6) is -0.186.